The van der Waals surface area contributed by atoms with E-state index in [1.165, 1.54) is 56.9 Å². The molecule has 1 aromatic rings. The lowest BCUT2D eigenvalue weighted by Crippen LogP contribution is -2.37. The molecule has 1 N–H and O–H groups in total. The van der Waals surface area contributed by atoms with Crippen molar-refractivity contribution >= 4 is 0 Å². The van der Waals surface area contributed by atoms with Crippen LogP contribution in [0.15, 0.2) is 0 Å². The summed E-state index contributed by atoms with van der Waals surface area (Å²) in [6.45, 7) is 17.9. The molecule has 178 valence electrons. The highest BCUT2D eigenvalue weighted by Gasteiger charge is 2.34. The van der Waals surface area contributed by atoms with E-state index in [0.717, 1.165) is 59.5 Å². The molecule has 0 unspecified atom stereocenters. The van der Waals surface area contributed by atoms with Gasteiger partial charge in [0.1, 0.15) is 17.1 Å². The van der Waals surface area contributed by atoms with Crippen molar-refractivity contribution in [2.45, 2.75) is 132 Å². The average Bonchev–Trinajstić information content (AvgIpc) is 2.70. The molecule has 2 heteroatoms. The summed E-state index contributed by atoms with van der Waals surface area (Å²) >= 11 is 0. The lowest BCUT2D eigenvalue weighted by Gasteiger charge is -2.38. The van der Waals surface area contributed by atoms with Crippen LogP contribution in [0.25, 0.3) is 0 Å². The fourth-order valence-corrected chi connectivity index (χ4v) is 5.27. The van der Waals surface area contributed by atoms with E-state index in [1.54, 1.807) is 0 Å². The predicted molar refractivity (Wildman–Crippen MR) is 134 cm³/mol. The minimum Gasteiger partial charge on any atom is -0.507 e. The summed E-state index contributed by atoms with van der Waals surface area (Å²) in [6, 6.07) is 0. The van der Waals surface area contributed by atoms with Gasteiger partial charge in [-0.1, -0.05) is 72.6 Å². The minimum atomic E-state index is -0.0712. The molecule has 1 aromatic carbocycles. The van der Waals surface area contributed by atoms with E-state index in [2.05, 4.69) is 41.5 Å². The van der Waals surface area contributed by atoms with E-state index in [0.29, 0.717) is 5.75 Å². The Morgan fingerprint density at radius 1 is 0.806 bits per heavy atom. The van der Waals surface area contributed by atoms with E-state index < -0.39 is 0 Å². The summed E-state index contributed by atoms with van der Waals surface area (Å²) in [5.74, 6) is 4.04. The molecule has 0 fully saturated rings. The van der Waals surface area contributed by atoms with Crippen LogP contribution < -0.4 is 4.74 Å². The highest BCUT2D eigenvalue weighted by molar-refractivity contribution is 5.58. The molecule has 1 heterocycles. The summed E-state index contributed by atoms with van der Waals surface area (Å²) < 4.78 is 6.60. The second kappa shape index (κ2) is 11.6. The summed E-state index contributed by atoms with van der Waals surface area (Å²) in [5, 5.41) is 10.4. The fourth-order valence-electron chi connectivity index (χ4n) is 5.27. The van der Waals surface area contributed by atoms with Crippen LogP contribution in [0.4, 0.5) is 0 Å². The number of ether oxygens (including phenoxy) is 1. The Balaban J connectivity index is 1.74. The smallest absolute Gasteiger partial charge is 0.127 e. The lowest BCUT2D eigenvalue weighted by atomic mass is 9.84. The third-order valence-electron chi connectivity index (χ3n) is 7.87. The molecule has 0 aliphatic carbocycles. The van der Waals surface area contributed by atoms with Gasteiger partial charge in [0.25, 0.3) is 0 Å². The quantitative estimate of drug-likeness (QED) is 0.359. The highest BCUT2D eigenvalue weighted by Crippen LogP contribution is 2.44. The summed E-state index contributed by atoms with van der Waals surface area (Å²) in [5.41, 5.74) is 4.23. The molecule has 1 aliphatic rings. The Hall–Kier alpha value is -1.18. The molecular formula is C29H50O2. The first-order valence-electron chi connectivity index (χ1n) is 13.0. The van der Waals surface area contributed by atoms with Crippen LogP contribution in [0.1, 0.15) is 121 Å². The number of benzene rings is 1. The van der Waals surface area contributed by atoms with Gasteiger partial charge in [0.05, 0.1) is 0 Å². The topological polar surface area (TPSA) is 29.5 Å². The van der Waals surface area contributed by atoms with Crippen LogP contribution in [0.3, 0.4) is 0 Å². The zero-order valence-electron chi connectivity index (χ0n) is 21.9. The predicted octanol–water partition coefficient (Wildman–Crippen LogP) is 8.84. The van der Waals surface area contributed by atoms with Crippen molar-refractivity contribution in [3.8, 4) is 11.5 Å². The van der Waals surface area contributed by atoms with Crippen molar-refractivity contribution < 1.29 is 9.84 Å². The second-order valence-electron chi connectivity index (χ2n) is 11.4. The van der Waals surface area contributed by atoms with Gasteiger partial charge < -0.3 is 9.84 Å². The molecule has 2 nitrogen and oxygen atoms in total. The summed E-state index contributed by atoms with van der Waals surface area (Å²) in [4.78, 5) is 0. The molecule has 0 bridgehead atoms. The molecule has 0 amide bonds. The van der Waals surface area contributed by atoms with Crippen LogP contribution >= 0.6 is 0 Å². The lowest BCUT2D eigenvalue weighted by molar-refractivity contribution is 0.0512. The minimum absolute atomic E-state index is 0.0712. The molecular weight excluding hydrogens is 380 g/mol. The number of hydrogen-bond acceptors (Lipinski definition) is 2. The molecule has 0 aromatic heterocycles. The molecule has 0 saturated heterocycles. The van der Waals surface area contributed by atoms with Gasteiger partial charge in [0.15, 0.2) is 0 Å². The van der Waals surface area contributed by atoms with E-state index in [4.69, 9.17) is 4.74 Å². The third-order valence-corrected chi connectivity index (χ3v) is 7.87. The van der Waals surface area contributed by atoms with Gasteiger partial charge in [-0.3, -0.25) is 0 Å². The molecule has 0 saturated carbocycles. The maximum atomic E-state index is 10.4. The summed E-state index contributed by atoms with van der Waals surface area (Å²) in [6.07, 6.45) is 14.1. The number of fused-ring (bicyclic) bond motifs is 1. The van der Waals surface area contributed by atoms with Crippen LogP contribution in [-0.2, 0) is 6.42 Å². The van der Waals surface area contributed by atoms with Crippen LogP contribution in [-0.4, -0.2) is 10.7 Å². The van der Waals surface area contributed by atoms with Gasteiger partial charge in [-0.25, -0.2) is 0 Å². The van der Waals surface area contributed by atoms with Gasteiger partial charge in [0, 0.05) is 5.56 Å². The summed E-state index contributed by atoms with van der Waals surface area (Å²) in [7, 11) is 0. The first-order chi connectivity index (χ1) is 14.5. The maximum absolute atomic E-state index is 10.4. The molecule has 1 aliphatic heterocycles. The number of phenols is 1. The fraction of sp³-hybridized carbons (Fsp3) is 0.793. The van der Waals surface area contributed by atoms with Crippen molar-refractivity contribution in [2.75, 3.05) is 0 Å². The van der Waals surface area contributed by atoms with Gasteiger partial charge >= 0.3 is 0 Å². The largest absolute Gasteiger partial charge is 0.507 e. The Morgan fingerprint density at radius 3 is 1.94 bits per heavy atom. The molecule has 0 radical (unpaired) electrons. The Bertz CT molecular complexity index is 705. The molecule has 3 atom stereocenters. The zero-order valence-corrected chi connectivity index (χ0v) is 21.9. The van der Waals surface area contributed by atoms with Crippen molar-refractivity contribution in [1.29, 1.82) is 0 Å². The van der Waals surface area contributed by atoms with E-state index in [9.17, 15) is 5.11 Å². The monoisotopic (exact) mass is 430 g/mol. The van der Waals surface area contributed by atoms with Crippen molar-refractivity contribution in [3.63, 3.8) is 0 Å². The van der Waals surface area contributed by atoms with Crippen LogP contribution in [0.2, 0.25) is 0 Å². The first-order valence-corrected chi connectivity index (χ1v) is 13.0. The number of phenolic OH excluding ortho intramolecular Hbond substituents is 1. The molecule has 0 spiro atoms. The SMILES string of the molecule is Cc1c(C)c2c(c(C)c1O)CC[C@](C)(CCC[C@H](C)CCC[C@@H](C)CCCC(C)C)O2. The Labute approximate surface area is 193 Å². The molecule has 2 rings (SSSR count). The number of rotatable bonds is 12. The number of aromatic hydroxyl groups is 1. The average molecular weight is 431 g/mol. The molecule has 31 heavy (non-hydrogen) atoms. The third kappa shape index (κ3) is 7.43. The van der Waals surface area contributed by atoms with Crippen LogP contribution in [0, 0.1) is 38.5 Å². The van der Waals surface area contributed by atoms with E-state index in [-0.39, 0.29) is 5.60 Å². The first kappa shape index (κ1) is 26.1. The van der Waals surface area contributed by atoms with Gasteiger partial charge in [0.2, 0.25) is 0 Å². The van der Waals surface area contributed by atoms with Crippen LogP contribution in [0.5, 0.6) is 11.5 Å². The van der Waals surface area contributed by atoms with Gasteiger partial charge in [-0.2, -0.15) is 0 Å². The number of hydrogen-bond donors (Lipinski definition) is 1. The highest BCUT2D eigenvalue weighted by atomic mass is 16.5. The Kier molecular flexibility index (Phi) is 9.77. The zero-order chi connectivity index (χ0) is 23.2. The van der Waals surface area contributed by atoms with Gasteiger partial charge in [-0.15, -0.1) is 0 Å². The maximum Gasteiger partial charge on any atom is 0.127 e. The van der Waals surface area contributed by atoms with E-state index >= 15 is 0 Å². The van der Waals surface area contributed by atoms with Crippen molar-refractivity contribution in [1.82, 2.24) is 0 Å². The van der Waals surface area contributed by atoms with Gasteiger partial charge in [-0.05, 0) is 87.8 Å². The second-order valence-corrected chi connectivity index (χ2v) is 11.4. The van der Waals surface area contributed by atoms with Crippen molar-refractivity contribution in [2.24, 2.45) is 17.8 Å². The van der Waals surface area contributed by atoms with E-state index in [1.807, 2.05) is 13.8 Å². The standard InChI is InChI=1S/C29H50O2/c1-20(2)12-9-13-21(3)14-10-15-22(4)16-11-18-29(8)19-17-26-25(7)27(30)23(5)24(6)28(26)31-29/h20-22,30H,9-19H2,1-8H3/t21-,22+,29-/m0/s1. The Morgan fingerprint density at radius 2 is 1.35 bits per heavy atom. The van der Waals surface area contributed by atoms with Crippen molar-refractivity contribution in [3.05, 3.63) is 22.3 Å². The normalized spacial score (nSPS) is 20.4.